The molecule has 0 fully saturated rings. The molecule has 4 heteroatoms. The minimum Gasteiger partial charge on any atom is -0.423 e. The van der Waals surface area contributed by atoms with E-state index in [0.29, 0.717) is 11.3 Å². The van der Waals surface area contributed by atoms with Gasteiger partial charge in [0.1, 0.15) is 5.58 Å². The predicted molar refractivity (Wildman–Crippen MR) is 111 cm³/mol. The Morgan fingerprint density at radius 2 is 1.46 bits per heavy atom. The molecular formula is C24H19NO3. The first kappa shape index (κ1) is 17.7. The summed E-state index contributed by atoms with van der Waals surface area (Å²) in [6, 6.07) is 26.1. The number of rotatable bonds is 4. The largest absolute Gasteiger partial charge is 0.423 e. The predicted octanol–water partition coefficient (Wildman–Crippen LogP) is 4.87. The summed E-state index contributed by atoms with van der Waals surface area (Å²) < 4.78 is 5.29. The number of anilines is 1. The van der Waals surface area contributed by atoms with Crippen LogP contribution in [0, 0.1) is 6.92 Å². The van der Waals surface area contributed by atoms with Gasteiger partial charge in [0.15, 0.2) is 0 Å². The molecular weight excluding hydrogens is 350 g/mol. The molecule has 4 nitrogen and oxygen atoms in total. The second kappa shape index (κ2) is 7.53. The summed E-state index contributed by atoms with van der Waals surface area (Å²) >= 11 is 0. The zero-order chi connectivity index (χ0) is 19.5. The smallest absolute Gasteiger partial charge is 0.336 e. The van der Waals surface area contributed by atoms with Gasteiger partial charge in [-0.3, -0.25) is 4.79 Å². The molecule has 0 spiro atoms. The minimum absolute atomic E-state index is 0.147. The highest BCUT2D eigenvalue weighted by Crippen LogP contribution is 2.27. The lowest BCUT2D eigenvalue weighted by Gasteiger charge is -2.18. The molecule has 0 bridgehead atoms. The van der Waals surface area contributed by atoms with Crippen molar-refractivity contribution < 1.29 is 9.21 Å². The van der Waals surface area contributed by atoms with Gasteiger partial charge in [-0.25, -0.2) is 4.79 Å². The van der Waals surface area contributed by atoms with Gasteiger partial charge >= 0.3 is 5.63 Å². The fraction of sp³-hybridized carbons (Fsp3) is 0.0833. The molecule has 3 aromatic carbocycles. The summed E-state index contributed by atoms with van der Waals surface area (Å²) in [5.41, 5.74) is 3.31. The van der Waals surface area contributed by atoms with Gasteiger partial charge in [-0.2, -0.15) is 0 Å². The average Bonchev–Trinajstić information content (AvgIpc) is 2.69. The summed E-state index contributed by atoms with van der Waals surface area (Å²) in [7, 11) is 0. The van der Waals surface area contributed by atoms with Gasteiger partial charge in [-0.15, -0.1) is 0 Å². The van der Waals surface area contributed by atoms with Crippen LogP contribution in [0.4, 0.5) is 5.69 Å². The SMILES string of the molecule is Cc1cc(=O)oc2cc(NC(=O)C(c3ccccc3)c3ccccc3)ccc12. The van der Waals surface area contributed by atoms with E-state index < -0.39 is 11.5 Å². The highest BCUT2D eigenvalue weighted by atomic mass is 16.4. The highest BCUT2D eigenvalue weighted by Gasteiger charge is 2.22. The maximum atomic E-state index is 13.2. The molecule has 0 aliphatic rings. The molecule has 138 valence electrons. The number of carbonyl (C=O) groups is 1. The molecule has 0 aliphatic carbocycles. The van der Waals surface area contributed by atoms with Gasteiger partial charge in [0.25, 0.3) is 0 Å². The molecule has 1 aromatic heterocycles. The monoisotopic (exact) mass is 369 g/mol. The summed E-state index contributed by atoms with van der Waals surface area (Å²) in [4.78, 5) is 24.8. The van der Waals surface area contributed by atoms with E-state index in [0.717, 1.165) is 22.1 Å². The fourth-order valence-electron chi connectivity index (χ4n) is 3.40. The second-order valence-electron chi connectivity index (χ2n) is 6.70. The second-order valence-corrected chi connectivity index (χ2v) is 6.70. The standard InChI is InChI=1S/C24H19NO3/c1-16-14-22(26)28-21-15-19(12-13-20(16)21)25-24(27)23(17-8-4-2-5-9-17)18-10-6-3-7-11-18/h2-15,23H,1H3,(H,25,27). The van der Waals surface area contributed by atoms with E-state index in [1.807, 2.05) is 79.7 Å². The number of fused-ring (bicyclic) bond motifs is 1. The first-order valence-corrected chi connectivity index (χ1v) is 9.07. The fourth-order valence-corrected chi connectivity index (χ4v) is 3.40. The van der Waals surface area contributed by atoms with Crippen molar-refractivity contribution in [2.75, 3.05) is 5.32 Å². The molecule has 1 N–H and O–H groups in total. The van der Waals surface area contributed by atoms with E-state index in [4.69, 9.17) is 4.42 Å². The zero-order valence-corrected chi connectivity index (χ0v) is 15.4. The molecule has 0 unspecified atom stereocenters. The van der Waals surface area contributed by atoms with E-state index in [-0.39, 0.29) is 5.91 Å². The highest BCUT2D eigenvalue weighted by molar-refractivity contribution is 5.99. The number of carbonyl (C=O) groups excluding carboxylic acids is 1. The van der Waals surface area contributed by atoms with E-state index in [1.54, 1.807) is 6.07 Å². The van der Waals surface area contributed by atoms with Gasteiger partial charge in [-0.05, 0) is 35.7 Å². The normalized spacial score (nSPS) is 10.9. The lowest BCUT2D eigenvalue weighted by molar-refractivity contribution is -0.116. The Labute approximate surface area is 162 Å². The van der Waals surface area contributed by atoms with Crippen molar-refractivity contribution in [1.29, 1.82) is 0 Å². The third kappa shape index (κ3) is 3.58. The number of hydrogen-bond donors (Lipinski definition) is 1. The Hall–Kier alpha value is -3.66. The van der Waals surface area contributed by atoms with Gasteiger partial charge in [0, 0.05) is 23.2 Å². The molecule has 0 radical (unpaired) electrons. The third-order valence-corrected chi connectivity index (χ3v) is 4.75. The van der Waals surface area contributed by atoms with Gasteiger partial charge in [0.05, 0.1) is 5.92 Å². The van der Waals surface area contributed by atoms with Crippen LogP contribution in [0.5, 0.6) is 0 Å². The molecule has 0 atom stereocenters. The number of amides is 1. The van der Waals surface area contributed by atoms with Crippen molar-refractivity contribution in [3.05, 3.63) is 112 Å². The third-order valence-electron chi connectivity index (χ3n) is 4.75. The molecule has 0 saturated heterocycles. The molecule has 0 aliphatic heterocycles. The van der Waals surface area contributed by atoms with Crippen LogP contribution >= 0.6 is 0 Å². The Bertz CT molecular complexity index is 1140. The maximum Gasteiger partial charge on any atom is 0.336 e. The van der Waals surface area contributed by atoms with Crippen molar-refractivity contribution >= 4 is 22.6 Å². The number of aryl methyl sites for hydroxylation is 1. The minimum atomic E-state index is -0.442. The molecule has 4 rings (SSSR count). The molecule has 0 saturated carbocycles. The quantitative estimate of drug-likeness (QED) is 0.522. The van der Waals surface area contributed by atoms with Gasteiger partial charge < -0.3 is 9.73 Å². The van der Waals surface area contributed by atoms with E-state index in [1.165, 1.54) is 6.07 Å². The summed E-state index contributed by atoms with van der Waals surface area (Å²) in [6.45, 7) is 1.86. The lowest BCUT2D eigenvalue weighted by atomic mass is 9.90. The summed E-state index contributed by atoms with van der Waals surface area (Å²) in [6.07, 6.45) is 0. The molecule has 1 heterocycles. The van der Waals surface area contributed by atoms with Crippen molar-refractivity contribution in [3.63, 3.8) is 0 Å². The molecule has 28 heavy (non-hydrogen) atoms. The topological polar surface area (TPSA) is 59.3 Å². The van der Waals surface area contributed by atoms with E-state index in [2.05, 4.69) is 5.32 Å². The van der Waals surface area contributed by atoms with Crippen molar-refractivity contribution in [2.45, 2.75) is 12.8 Å². The van der Waals surface area contributed by atoms with E-state index >= 15 is 0 Å². The maximum absolute atomic E-state index is 13.2. The Kier molecular flexibility index (Phi) is 4.77. The van der Waals surface area contributed by atoms with E-state index in [9.17, 15) is 9.59 Å². The van der Waals surface area contributed by atoms with Crippen LogP contribution in [0.25, 0.3) is 11.0 Å². The van der Waals surface area contributed by atoms with Crippen molar-refractivity contribution in [1.82, 2.24) is 0 Å². The Balaban J connectivity index is 1.70. The lowest BCUT2D eigenvalue weighted by Crippen LogP contribution is -2.22. The zero-order valence-electron chi connectivity index (χ0n) is 15.4. The summed E-state index contributed by atoms with van der Waals surface area (Å²) in [5.74, 6) is -0.589. The number of nitrogens with one attached hydrogen (secondary N) is 1. The molecule has 1 amide bonds. The number of hydrogen-bond acceptors (Lipinski definition) is 3. The van der Waals surface area contributed by atoms with Crippen LogP contribution < -0.4 is 10.9 Å². The van der Waals surface area contributed by atoms with Gasteiger partial charge in [-0.1, -0.05) is 60.7 Å². The Morgan fingerprint density at radius 3 is 2.07 bits per heavy atom. The van der Waals surface area contributed by atoms with Crippen LogP contribution in [-0.4, -0.2) is 5.91 Å². The molecule has 4 aromatic rings. The van der Waals surface area contributed by atoms with Crippen LogP contribution in [0.15, 0.2) is 94.1 Å². The van der Waals surface area contributed by atoms with Crippen LogP contribution in [0.1, 0.15) is 22.6 Å². The Morgan fingerprint density at radius 1 is 0.857 bits per heavy atom. The van der Waals surface area contributed by atoms with Crippen LogP contribution in [-0.2, 0) is 4.79 Å². The number of benzene rings is 3. The van der Waals surface area contributed by atoms with Crippen molar-refractivity contribution in [2.24, 2.45) is 0 Å². The average molecular weight is 369 g/mol. The summed E-state index contributed by atoms with van der Waals surface area (Å²) in [5, 5.41) is 3.82. The van der Waals surface area contributed by atoms with Crippen LogP contribution in [0.3, 0.4) is 0 Å². The van der Waals surface area contributed by atoms with Gasteiger partial charge in [0.2, 0.25) is 5.91 Å². The van der Waals surface area contributed by atoms with Crippen LogP contribution in [0.2, 0.25) is 0 Å². The first-order valence-electron chi connectivity index (χ1n) is 9.07. The first-order chi connectivity index (χ1) is 13.6. The van der Waals surface area contributed by atoms with Crippen molar-refractivity contribution in [3.8, 4) is 0 Å².